The Morgan fingerprint density at radius 2 is 2.11 bits per heavy atom. The fourth-order valence-corrected chi connectivity index (χ4v) is 1.97. The van der Waals surface area contributed by atoms with Gasteiger partial charge in [-0.15, -0.1) is 0 Å². The molecule has 18 heavy (non-hydrogen) atoms. The normalized spacial score (nSPS) is 15.1. The van der Waals surface area contributed by atoms with Gasteiger partial charge in [-0.05, 0) is 44.9 Å². The van der Waals surface area contributed by atoms with Gasteiger partial charge < -0.3 is 5.73 Å². The monoisotopic (exact) mass is 249 g/mol. The third-order valence-electron chi connectivity index (χ3n) is 3.75. The van der Waals surface area contributed by atoms with Crippen LogP contribution in [0.2, 0.25) is 0 Å². The van der Waals surface area contributed by atoms with Gasteiger partial charge in [0.15, 0.2) is 0 Å². The zero-order valence-electron chi connectivity index (χ0n) is 12.2. The first-order valence-electron chi connectivity index (χ1n) is 6.79. The van der Waals surface area contributed by atoms with E-state index in [9.17, 15) is 0 Å². The molecule has 0 spiro atoms. The van der Waals surface area contributed by atoms with Gasteiger partial charge in [-0.2, -0.15) is 0 Å². The van der Waals surface area contributed by atoms with Crippen LogP contribution in [-0.2, 0) is 6.54 Å². The summed E-state index contributed by atoms with van der Waals surface area (Å²) in [7, 11) is 2.14. The summed E-state index contributed by atoms with van der Waals surface area (Å²) in [5, 5.41) is 0. The lowest BCUT2D eigenvalue weighted by Crippen LogP contribution is -2.49. The third kappa shape index (κ3) is 4.39. The SMILES string of the molecule is CC(C)CCC(C)(CN)N(C)Cc1ccccn1. The topological polar surface area (TPSA) is 42.1 Å². The van der Waals surface area contributed by atoms with Gasteiger partial charge in [-0.3, -0.25) is 9.88 Å². The maximum Gasteiger partial charge on any atom is 0.0544 e. The predicted molar refractivity (Wildman–Crippen MR) is 77.2 cm³/mol. The van der Waals surface area contributed by atoms with Crippen LogP contribution in [0.1, 0.15) is 39.3 Å². The van der Waals surface area contributed by atoms with E-state index in [1.807, 2.05) is 18.3 Å². The Hall–Kier alpha value is -0.930. The summed E-state index contributed by atoms with van der Waals surface area (Å²) in [6, 6.07) is 6.05. The summed E-state index contributed by atoms with van der Waals surface area (Å²) < 4.78 is 0. The molecule has 1 atom stereocenters. The Bertz CT molecular complexity index is 337. The predicted octanol–water partition coefficient (Wildman–Crippen LogP) is 2.67. The molecule has 1 aromatic heterocycles. The van der Waals surface area contributed by atoms with Crippen molar-refractivity contribution in [2.75, 3.05) is 13.6 Å². The van der Waals surface area contributed by atoms with E-state index in [2.05, 4.69) is 43.8 Å². The Balaban J connectivity index is 2.63. The number of pyridine rings is 1. The molecule has 1 rings (SSSR count). The fraction of sp³-hybridized carbons (Fsp3) is 0.667. The highest BCUT2D eigenvalue weighted by Gasteiger charge is 2.27. The molecule has 0 aliphatic carbocycles. The molecule has 3 nitrogen and oxygen atoms in total. The molecular formula is C15H27N3. The van der Waals surface area contributed by atoms with Crippen molar-refractivity contribution < 1.29 is 0 Å². The number of aromatic nitrogens is 1. The summed E-state index contributed by atoms with van der Waals surface area (Å²) in [6.07, 6.45) is 4.18. The molecule has 0 amide bonds. The number of likely N-dealkylation sites (N-methyl/N-ethyl adjacent to an activating group) is 1. The van der Waals surface area contributed by atoms with E-state index in [0.29, 0.717) is 6.54 Å². The van der Waals surface area contributed by atoms with Crippen molar-refractivity contribution in [3.63, 3.8) is 0 Å². The van der Waals surface area contributed by atoms with E-state index in [1.54, 1.807) is 0 Å². The van der Waals surface area contributed by atoms with Crippen molar-refractivity contribution >= 4 is 0 Å². The molecule has 0 saturated heterocycles. The maximum absolute atomic E-state index is 5.99. The van der Waals surface area contributed by atoms with E-state index >= 15 is 0 Å². The Morgan fingerprint density at radius 1 is 1.39 bits per heavy atom. The van der Waals surface area contributed by atoms with Gasteiger partial charge in [0.05, 0.1) is 5.69 Å². The van der Waals surface area contributed by atoms with Crippen LogP contribution in [0.5, 0.6) is 0 Å². The number of nitrogens with two attached hydrogens (primary N) is 1. The van der Waals surface area contributed by atoms with Gasteiger partial charge in [-0.1, -0.05) is 19.9 Å². The lowest BCUT2D eigenvalue weighted by molar-refractivity contribution is 0.118. The molecule has 1 unspecified atom stereocenters. The second-order valence-corrected chi connectivity index (χ2v) is 5.81. The smallest absolute Gasteiger partial charge is 0.0544 e. The van der Waals surface area contributed by atoms with E-state index in [1.165, 1.54) is 6.42 Å². The Labute approximate surface area is 111 Å². The molecule has 0 aliphatic heterocycles. The molecule has 1 heterocycles. The highest BCUT2D eigenvalue weighted by Crippen LogP contribution is 2.22. The molecule has 0 aromatic carbocycles. The maximum atomic E-state index is 5.99. The largest absolute Gasteiger partial charge is 0.329 e. The molecular weight excluding hydrogens is 222 g/mol. The molecule has 0 fully saturated rings. The van der Waals surface area contributed by atoms with E-state index in [-0.39, 0.29) is 5.54 Å². The zero-order valence-corrected chi connectivity index (χ0v) is 12.2. The molecule has 0 bridgehead atoms. The van der Waals surface area contributed by atoms with Crippen LogP contribution in [0.4, 0.5) is 0 Å². The summed E-state index contributed by atoms with van der Waals surface area (Å²) >= 11 is 0. The highest BCUT2D eigenvalue weighted by molar-refractivity contribution is 5.04. The summed E-state index contributed by atoms with van der Waals surface area (Å²) in [6.45, 7) is 8.30. The van der Waals surface area contributed by atoms with Gasteiger partial charge in [0, 0.05) is 24.8 Å². The molecule has 0 radical (unpaired) electrons. The molecule has 3 heteroatoms. The van der Waals surface area contributed by atoms with Crippen LogP contribution in [0.25, 0.3) is 0 Å². The molecule has 102 valence electrons. The summed E-state index contributed by atoms with van der Waals surface area (Å²) in [4.78, 5) is 6.71. The van der Waals surface area contributed by atoms with Crippen LogP contribution in [0.3, 0.4) is 0 Å². The van der Waals surface area contributed by atoms with Crippen LogP contribution in [0.15, 0.2) is 24.4 Å². The number of hydrogen-bond donors (Lipinski definition) is 1. The van der Waals surface area contributed by atoms with Crippen LogP contribution >= 0.6 is 0 Å². The first-order valence-corrected chi connectivity index (χ1v) is 6.79. The van der Waals surface area contributed by atoms with Crippen molar-refractivity contribution in [1.82, 2.24) is 9.88 Å². The van der Waals surface area contributed by atoms with Gasteiger partial charge >= 0.3 is 0 Å². The first kappa shape index (κ1) is 15.1. The quantitative estimate of drug-likeness (QED) is 0.808. The van der Waals surface area contributed by atoms with Crippen LogP contribution in [-0.4, -0.2) is 29.0 Å². The van der Waals surface area contributed by atoms with Gasteiger partial charge in [0.2, 0.25) is 0 Å². The van der Waals surface area contributed by atoms with E-state index in [0.717, 1.165) is 24.6 Å². The minimum Gasteiger partial charge on any atom is -0.329 e. The molecule has 2 N–H and O–H groups in total. The minimum atomic E-state index is 0.0573. The average molecular weight is 249 g/mol. The summed E-state index contributed by atoms with van der Waals surface area (Å²) in [5.74, 6) is 0.721. The van der Waals surface area contributed by atoms with Crippen molar-refractivity contribution in [1.29, 1.82) is 0 Å². The lowest BCUT2D eigenvalue weighted by atomic mass is 9.90. The van der Waals surface area contributed by atoms with Gasteiger partial charge in [0.25, 0.3) is 0 Å². The molecule has 0 aliphatic rings. The van der Waals surface area contributed by atoms with E-state index < -0.39 is 0 Å². The van der Waals surface area contributed by atoms with Gasteiger partial charge in [0.1, 0.15) is 0 Å². The lowest BCUT2D eigenvalue weighted by Gasteiger charge is -2.38. The van der Waals surface area contributed by atoms with Crippen molar-refractivity contribution in [3.8, 4) is 0 Å². The number of nitrogens with zero attached hydrogens (tertiary/aromatic N) is 2. The number of hydrogen-bond acceptors (Lipinski definition) is 3. The zero-order chi connectivity index (χ0) is 13.6. The fourth-order valence-electron chi connectivity index (χ4n) is 1.97. The van der Waals surface area contributed by atoms with Crippen molar-refractivity contribution in [2.24, 2.45) is 11.7 Å². The first-order chi connectivity index (χ1) is 8.48. The van der Waals surface area contributed by atoms with Crippen LogP contribution < -0.4 is 5.73 Å². The molecule has 0 saturated carbocycles. The highest BCUT2D eigenvalue weighted by atomic mass is 15.2. The average Bonchev–Trinajstić information content (AvgIpc) is 2.37. The standard InChI is InChI=1S/C15H27N3/c1-13(2)8-9-15(3,12-16)18(4)11-14-7-5-6-10-17-14/h5-7,10,13H,8-9,11-12,16H2,1-4H3. The number of rotatable bonds is 7. The second-order valence-electron chi connectivity index (χ2n) is 5.81. The second kappa shape index (κ2) is 6.86. The third-order valence-corrected chi connectivity index (χ3v) is 3.75. The van der Waals surface area contributed by atoms with Crippen LogP contribution in [0, 0.1) is 5.92 Å². The minimum absolute atomic E-state index is 0.0573. The van der Waals surface area contributed by atoms with Crippen molar-refractivity contribution in [2.45, 2.75) is 45.7 Å². The molecule has 1 aromatic rings. The Kier molecular flexibility index (Phi) is 5.76. The van der Waals surface area contributed by atoms with Crippen molar-refractivity contribution in [3.05, 3.63) is 30.1 Å². The van der Waals surface area contributed by atoms with Gasteiger partial charge in [-0.25, -0.2) is 0 Å². The Morgan fingerprint density at radius 3 is 2.61 bits per heavy atom. The summed E-state index contributed by atoms with van der Waals surface area (Å²) in [5.41, 5.74) is 7.14. The van der Waals surface area contributed by atoms with E-state index in [4.69, 9.17) is 5.73 Å².